The number of carbonyl (C=O) groups excluding carboxylic acids is 1. The molecule has 2 heterocycles. The molecule has 1 fully saturated rings. The summed E-state index contributed by atoms with van der Waals surface area (Å²) in [6.45, 7) is 4.89. The molecule has 0 bridgehead atoms. The van der Waals surface area contributed by atoms with Crippen LogP contribution in [0.4, 0.5) is 18.3 Å². The Balaban J connectivity index is 1.54. The zero-order valence-electron chi connectivity index (χ0n) is 20.3. The van der Waals surface area contributed by atoms with E-state index in [9.17, 15) is 18.0 Å². The van der Waals surface area contributed by atoms with E-state index >= 15 is 0 Å². The van der Waals surface area contributed by atoms with Crippen molar-refractivity contribution in [3.8, 4) is 0 Å². The Hall–Kier alpha value is -2.69. The molecule has 4 rings (SSSR count). The van der Waals surface area contributed by atoms with Gasteiger partial charge in [-0.15, -0.1) is 0 Å². The third kappa shape index (κ3) is 5.99. The second-order valence-electron chi connectivity index (χ2n) is 9.07. The number of methoxy groups -OCH3 is 1. The first-order valence-corrected chi connectivity index (χ1v) is 12.7. The van der Waals surface area contributed by atoms with Crippen LogP contribution in [-0.4, -0.2) is 60.8 Å². The lowest BCUT2D eigenvalue weighted by Crippen LogP contribution is -2.54. The maximum absolute atomic E-state index is 13.3. The second-order valence-corrected chi connectivity index (χ2v) is 10.1. The van der Waals surface area contributed by atoms with E-state index in [4.69, 9.17) is 9.47 Å². The van der Waals surface area contributed by atoms with Crippen molar-refractivity contribution in [2.75, 3.05) is 38.3 Å². The van der Waals surface area contributed by atoms with Crippen LogP contribution in [0.2, 0.25) is 0 Å². The van der Waals surface area contributed by atoms with Crippen molar-refractivity contribution in [1.82, 2.24) is 9.88 Å². The van der Waals surface area contributed by atoms with Gasteiger partial charge in [-0.3, -0.25) is 4.90 Å². The van der Waals surface area contributed by atoms with Gasteiger partial charge in [0, 0.05) is 19.6 Å². The predicted molar refractivity (Wildman–Crippen MR) is 133 cm³/mol. The highest BCUT2D eigenvalue weighted by atomic mass is 32.1. The number of esters is 1. The molecule has 0 N–H and O–H groups in total. The van der Waals surface area contributed by atoms with E-state index < -0.39 is 23.2 Å². The zero-order valence-corrected chi connectivity index (χ0v) is 21.1. The van der Waals surface area contributed by atoms with Crippen LogP contribution in [0.15, 0.2) is 54.8 Å². The van der Waals surface area contributed by atoms with Gasteiger partial charge in [-0.25, -0.2) is 9.78 Å². The van der Waals surface area contributed by atoms with Gasteiger partial charge in [0.25, 0.3) is 0 Å². The number of aromatic nitrogens is 1. The predicted octanol–water partition coefficient (Wildman–Crippen LogP) is 5.32. The largest absolute Gasteiger partial charge is 0.465 e. The van der Waals surface area contributed by atoms with Crippen molar-refractivity contribution in [1.29, 1.82) is 0 Å². The molecule has 2 atom stereocenters. The molecule has 0 radical (unpaired) electrons. The number of carbonyl (C=O) groups is 1. The van der Waals surface area contributed by atoms with Crippen LogP contribution >= 0.6 is 11.3 Å². The smallest absolute Gasteiger partial charge is 0.416 e. The molecule has 0 spiro atoms. The average Bonchev–Trinajstić information content (AvgIpc) is 3.34. The van der Waals surface area contributed by atoms with Crippen LogP contribution in [-0.2, 0) is 22.2 Å². The van der Waals surface area contributed by atoms with Gasteiger partial charge in [0.2, 0.25) is 0 Å². The second kappa shape index (κ2) is 11.1. The van der Waals surface area contributed by atoms with Crippen molar-refractivity contribution >= 4 is 22.4 Å². The fraction of sp³-hybridized carbons (Fsp3) is 0.462. The summed E-state index contributed by atoms with van der Waals surface area (Å²) in [7, 11) is 1.34. The summed E-state index contributed by atoms with van der Waals surface area (Å²) in [6, 6.07) is 5.54. The normalized spacial score (nSPS) is 23.7. The number of nitrogens with zero attached hydrogens (tertiary/aromatic N) is 3. The number of fused-ring (bicyclic) bond motifs is 1. The summed E-state index contributed by atoms with van der Waals surface area (Å²) in [5, 5.41) is 0.737. The van der Waals surface area contributed by atoms with E-state index in [1.807, 2.05) is 18.2 Å². The molecule has 1 aliphatic carbocycles. The Labute approximate surface area is 213 Å². The Morgan fingerprint density at radius 3 is 2.83 bits per heavy atom. The van der Waals surface area contributed by atoms with Crippen LogP contribution in [0.1, 0.15) is 40.6 Å². The summed E-state index contributed by atoms with van der Waals surface area (Å²) in [5.41, 5.74) is -0.542. The first kappa shape index (κ1) is 26.4. The van der Waals surface area contributed by atoms with Gasteiger partial charge in [-0.1, -0.05) is 53.8 Å². The number of allylic oxidation sites excluding steroid dienone is 2. The first-order chi connectivity index (χ1) is 17.2. The minimum absolute atomic E-state index is 0.268. The minimum atomic E-state index is -4.38. The average molecular weight is 522 g/mol. The zero-order chi connectivity index (χ0) is 25.8. The quantitative estimate of drug-likeness (QED) is 0.508. The number of ether oxygens (including phenoxy) is 2. The van der Waals surface area contributed by atoms with Crippen molar-refractivity contribution in [2.45, 2.75) is 44.1 Å². The van der Waals surface area contributed by atoms with Gasteiger partial charge in [-0.2, -0.15) is 13.2 Å². The highest BCUT2D eigenvalue weighted by molar-refractivity contribution is 7.17. The number of rotatable bonds is 4. The van der Waals surface area contributed by atoms with Crippen LogP contribution in [0.25, 0.3) is 0 Å². The summed E-state index contributed by atoms with van der Waals surface area (Å²) < 4.78 is 51.1. The molecule has 6 nitrogen and oxygen atoms in total. The molecular formula is C26H30F3N3O3S. The number of thiazole rings is 1. The molecule has 1 aromatic carbocycles. The number of hydrogen-bond donors (Lipinski definition) is 0. The Bertz CT molecular complexity index is 1120. The standard InChI is InChI=1S/C26H30F3N3O3S/c1-25-11-4-3-10-22(25)35-15-14-31(24-30-17-21(36-24)23(33)34-2)12-5-6-13-32(25)18-19-8-7-9-20(16-19)26(27,28)29/h3-4,7-11,16-17,22H,5-6,12-15,18H2,1-2H3. The molecule has 2 aromatic rings. The molecule has 36 heavy (non-hydrogen) atoms. The molecule has 0 amide bonds. The minimum Gasteiger partial charge on any atom is -0.465 e. The molecule has 0 saturated carbocycles. The van der Waals surface area contributed by atoms with Crippen molar-refractivity contribution in [2.24, 2.45) is 0 Å². The van der Waals surface area contributed by atoms with Crippen LogP contribution < -0.4 is 4.90 Å². The third-order valence-electron chi connectivity index (χ3n) is 6.63. The van der Waals surface area contributed by atoms with E-state index in [1.54, 1.807) is 6.07 Å². The molecule has 1 saturated heterocycles. The molecule has 194 valence electrons. The van der Waals surface area contributed by atoms with Gasteiger partial charge in [-0.05, 0) is 37.9 Å². The Kier molecular flexibility index (Phi) is 8.17. The van der Waals surface area contributed by atoms with Gasteiger partial charge in [0.15, 0.2) is 5.13 Å². The van der Waals surface area contributed by atoms with Crippen molar-refractivity contribution in [3.05, 3.63) is 70.8 Å². The monoisotopic (exact) mass is 521 g/mol. The summed E-state index contributed by atoms with van der Waals surface area (Å²) in [6.07, 6.45) is 6.55. The number of benzene rings is 1. The van der Waals surface area contributed by atoms with E-state index in [-0.39, 0.29) is 6.10 Å². The SMILES string of the molecule is COC(=O)c1cnc(N2CCCCN(Cc3cccc(C(F)(F)F)c3)C3(C)C=CC=CC3OCC2)s1. The fourth-order valence-electron chi connectivity index (χ4n) is 4.58. The maximum Gasteiger partial charge on any atom is 0.416 e. The molecule has 2 aliphatic rings. The van der Waals surface area contributed by atoms with Crippen molar-refractivity contribution < 1.29 is 27.4 Å². The highest BCUT2D eigenvalue weighted by Gasteiger charge is 2.39. The topological polar surface area (TPSA) is 54.9 Å². The fourth-order valence-corrected chi connectivity index (χ4v) is 5.46. The van der Waals surface area contributed by atoms with E-state index in [2.05, 4.69) is 27.8 Å². The lowest BCUT2D eigenvalue weighted by atomic mass is 9.87. The number of halogens is 3. The van der Waals surface area contributed by atoms with Crippen molar-refractivity contribution in [3.63, 3.8) is 0 Å². The lowest BCUT2D eigenvalue weighted by molar-refractivity contribution is -0.137. The van der Waals surface area contributed by atoms with Crippen LogP contribution in [0, 0.1) is 0 Å². The summed E-state index contributed by atoms with van der Waals surface area (Å²) in [5.74, 6) is -0.409. The molecule has 1 aromatic heterocycles. The first-order valence-electron chi connectivity index (χ1n) is 11.9. The van der Waals surface area contributed by atoms with Crippen LogP contribution in [0.3, 0.4) is 0 Å². The van der Waals surface area contributed by atoms with E-state index in [0.717, 1.165) is 30.6 Å². The van der Waals surface area contributed by atoms with Gasteiger partial charge in [0.1, 0.15) is 4.88 Å². The maximum atomic E-state index is 13.3. The van der Waals surface area contributed by atoms with E-state index in [1.165, 1.54) is 36.8 Å². The number of alkyl halides is 3. The molecule has 10 heteroatoms. The summed E-state index contributed by atoms with van der Waals surface area (Å²) in [4.78, 5) is 21.0. The third-order valence-corrected chi connectivity index (χ3v) is 7.67. The number of hydrogen-bond acceptors (Lipinski definition) is 7. The number of anilines is 1. The Morgan fingerprint density at radius 2 is 2.06 bits per heavy atom. The molecule has 2 unspecified atom stereocenters. The molecule has 1 aliphatic heterocycles. The Morgan fingerprint density at radius 1 is 1.25 bits per heavy atom. The molecular weight excluding hydrogens is 491 g/mol. The van der Waals surface area contributed by atoms with Gasteiger partial charge < -0.3 is 14.4 Å². The highest BCUT2D eigenvalue weighted by Crippen LogP contribution is 2.33. The summed E-state index contributed by atoms with van der Waals surface area (Å²) >= 11 is 1.29. The van der Waals surface area contributed by atoms with Gasteiger partial charge >= 0.3 is 12.1 Å². The van der Waals surface area contributed by atoms with Gasteiger partial charge in [0.05, 0.1) is 37.1 Å². The van der Waals surface area contributed by atoms with E-state index in [0.29, 0.717) is 36.7 Å². The van der Waals surface area contributed by atoms with Crippen LogP contribution in [0.5, 0.6) is 0 Å². The lowest BCUT2D eigenvalue weighted by Gasteiger charge is -2.44.